The van der Waals surface area contributed by atoms with E-state index in [1.165, 1.54) is 4.88 Å². The summed E-state index contributed by atoms with van der Waals surface area (Å²) in [5.41, 5.74) is -0.194. The molecule has 0 bridgehead atoms. The van der Waals surface area contributed by atoms with E-state index in [0.717, 1.165) is 0 Å². The highest BCUT2D eigenvalue weighted by Crippen LogP contribution is 2.24. The van der Waals surface area contributed by atoms with Gasteiger partial charge in [0.1, 0.15) is 0 Å². The monoisotopic (exact) mass is 369 g/mol. The summed E-state index contributed by atoms with van der Waals surface area (Å²) < 4.78 is 29.1. The topological polar surface area (TPSA) is 76.3 Å². The van der Waals surface area contributed by atoms with Gasteiger partial charge in [-0.25, -0.2) is 8.42 Å². The van der Waals surface area contributed by atoms with Crippen molar-refractivity contribution in [2.45, 2.75) is 51.7 Å². The normalized spacial score (nSPS) is 20.8. The Hall–Kier alpha value is -1.25. The highest BCUT2D eigenvalue weighted by atomic mass is 32.2. The van der Waals surface area contributed by atoms with Crippen molar-refractivity contribution in [2.24, 2.45) is 0 Å². The lowest BCUT2D eigenvalue weighted by molar-refractivity contribution is 0.188. The molecule has 0 spiro atoms. The van der Waals surface area contributed by atoms with Crippen molar-refractivity contribution in [1.82, 2.24) is 15.0 Å². The van der Waals surface area contributed by atoms with Gasteiger partial charge < -0.3 is 4.52 Å². The number of hydrogen-bond donors (Lipinski definition) is 0. The fourth-order valence-electron chi connectivity index (χ4n) is 2.78. The number of thiophene rings is 1. The smallest absolute Gasteiger partial charge is 0.232 e. The zero-order valence-electron chi connectivity index (χ0n) is 14.2. The largest absolute Gasteiger partial charge is 0.339 e. The molecule has 1 atom stereocenters. The van der Waals surface area contributed by atoms with Crippen LogP contribution in [0.3, 0.4) is 0 Å². The van der Waals surface area contributed by atoms with E-state index in [1.54, 1.807) is 11.3 Å². The van der Waals surface area contributed by atoms with E-state index in [4.69, 9.17) is 4.52 Å². The van der Waals surface area contributed by atoms with Crippen LogP contribution in [-0.2, 0) is 28.3 Å². The predicted octanol–water partition coefficient (Wildman–Crippen LogP) is 2.62. The van der Waals surface area contributed by atoms with Crippen LogP contribution in [0.5, 0.6) is 0 Å². The van der Waals surface area contributed by atoms with E-state index in [9.17, 15) is 8.42 Å². The molecule has 0 aromatic carbocycles. The summed E-state index contributed by atoms with van der Waals surface area (Å²) in [6, 6.07) is 4.08. The maximum atomic E-state index is 11.9. The first kappa shape index (κ1) is 17.6. The van der Waals surface area contributed by atoms with Crippen LogP contribution in [0, 0.1) is 0 Å². The molecule has 0 N–H and O–H groups in total. The second-order valence-corrected chi connectivity index (χ2v) is 10.6. The van der Waals surface area contributed by atoms with E-state index in [0.29, 0.717) is 31.2 Å². The molecule has 1 saturated heterocycles. The van der Waals surface area contributed by atoms with Crippen LogP contribution in [0.15, 0.2) is 22.0 Å². The van der Waals surface area contributed by atoms with E-state index in [1.807, 2.05) is 32.2 Å². The Kier molecular flexibility index (Phi) is 4.81. The molecule has 6 nitrogen and oxygen atoms in total. The quantitative estimate of drug-likeness (QED) is 0.806. The number of hydrogen-bond acceptors (Lipinski definition) is 7. The molecule has 2 aromatic rings. The van der Waals surface area contributed by atoms with Crippen LogP contribution in [0.4, 0.5) is 0 Å². The van der Waals surface area contributed by atoms with Gasteiger partial charge in [0.15, 0.2) is 15.7 Å². The zero-order chi connectivity index (χ0) is 17.4. The number of aromatic nitrogens is 2. The van der Waals surface area contributed by atoms with Gasteiger partial charge in [0.05, 0.1) is 18.1 Å². The molecule has 0 aliphatic carbocycles. The fraction of sp³-hybridized carbons (Fsp3) is 0.625. The van der Waals surface area contributed by atoms with Crippen LogP contribution < -0.4 is 0 Å². The maximum Gasteiger partial charge on any atom is 0.232 e. The minimum Gasteiger partial charge on any atom is -0.339 e. The summed E-state index contributed by atoms with van der Waals surface area (Å²) >= 11 is 1.67. The van der Waals surface area contributed by atoms with Gasteiger partial charge in [0.2, 0.25) is 5.89 Å². The third-order valence-corrected chi connectivity index (χ3v) is 6.73. The highest BCUT2D eigenvalue weighted by Gasteiger charge is 2.33. The predicted molar refractivity (Wildman–Crippen MR) is 93.6 cm³/mol. The van der Waals surface area contributed by atoms with Crippen LogP contribution in [0.2, 0.25) is 0 Å². The van der Waals surface area contributed by atoms with E-state index in [2.05, 4.69) is 21.1 Å². The van der Waals surface area contributed by atoms with Crippen LogP contribution >= 0.6 is 11.3 Å². The van der Waals surface area contributed by atoms with Crippen LogP contribution in [-0.4, -0.2) is 41.0 Å². The molecule has 0 radical (unpaired) electrons. The summed E-state index contributed by atoms with van der Waals surface area (Å²) in [6.07, 6.45) is 0.664. The van der Waals surface area contributed by atoms with E-state index < -0.39 is 9.84 Å². The van der Waals surface area contributed by atoms with Gasteiger partial charge >= 0.3 is 0 Å². The van der Waals surface area contributed by atoms with Crippen molar-refractivity contribution in [3.63, 3.8) is 0 Å². The molecular formula is C16H23N3O3S2. The Balaban J connectivity index is 1.78. The SMILES string of the molecule is CC(C)(C)c1nc(CN(Cc2cccs2)[C@@H]2CCS(=O)(=O)C2)no1. The first-order valence-corrected chi connectivity index (χ1v) is 10.7. The Morgan fingerprint density at radius 1 is 1.38 bits per heavy atom. The molecule has 1 aliphatic rings. The van der Waals surface area contributed by atoms with Crippen molar-refractivity contribution in [3.05, 3.63) is 34.1 Å². The lowest BCUT2D eigenvalue weighted by atomic mass is 9.97. The standard InChI is InChI=1S/C16H23N3O3S2/c1-16(2,3)15-17-14(18-22-15)10-19(9-13-5-4-7-23-13)12-6-8-24(20,21)11-12/h4-5,7,12H,6,8-11H2,1-3H3/t12-/m1/s1. The summed E-state index contributed by atoms with van der Waals surface area (Å²) in [5, 5.41) is 6.12. The summed E-state index contributed by atoms with van der Waals surface area (Å²) in [4.78, 5) is 7.86. The van der Waals surface area contributed by atoms with Gasteiger partial charge in [-0.1, -0.05) is 32.0 Å². The molecule has 1 aliphatic heterocycles. The highest BCUT2D eigenvalue weighted by molar-refractivity contribution is 7.91. The lowest BCUT2D eigenvalue weighted by Gasteiger charge is -2.26. The van der Waals surface area contributed by atoms with E-state index >= 15 is 0 Å². The minimum atomic E-state index is -2.93. The third-order valence-electron chi connectivity index (χ3n) is 4.12. The Bertz CT molecular complexity index is 776. The first-order valence-electron chi connectivity index (χ1n) is 8.03. The second-order valence-electron chi connectivity index (χ2n) is 7.31. The maximum absolute atomic E-state index is 11.9. The molecular weight excluding hydrogens is 346 g/mol. The molecule has 0 amide bonds. The van der Waals surface area contributed by atoms with Gasteiger partial charge in [-0.05, 0) is 17.9 Å². The van der Waals surface area contributed by atoms with Gasteiger partial charge in [-0.15, -0.1) is 11.3 Å². The van der Waals surface area contributed by atoms with Crippen LogP contribution in [0.25, 0.3) is 0 Å². The van der Waals surface area contributed by atoms with Crippen molar-refractivity contribution < 1.29 is 12.9 Å². The number of nitrogens with zero attached hydrogens (tertiary/aromatic N) is 3. The average Bonchev–Trinajstić information content (AvgIpc) is 3.17. The van der Waals surface area contributed by atoms with Gasteiger partial charge in [0.25, 0.3) is 0 Å². The summed E-state index contributed by atoms with van der Waals surface area (Å²) in [7, 11) is -2.93. The van der Waals surface area contributed by atoms with Crippen LogP contribution in [0.1, 0.15) is 43.8 Å². The zero-order valence-corrected chi connectivity index (χ0v) is 15.9. The van der Waals surface area contributed by atoms with Crippen molar-refractivity contribution in [3.8, 4) is 0 Å². The molecule has 2 aromatic heterocycles. The van der Waals surface area contributed by atoms with Crippen molar-refractivity contribution in [1.29, 1.82) is 0 Å². The molecule has 8 heteroatoms. The average molecular weight is 370 g/mol. The van der Waals surface area contributed by atoms with E-state index in [-0.39, 0.29) is 23.0 Å². The number of sulfone groups is 1. The minimum absolute atomic E-state index is 0.00804. The Morgan fingerprint density at radius 3 is 2.71 bits per heavy atom. The second kappa shape index (κ2) is 6.57. The lowest BCUT2D eigenvalue weighted by Crippen LogP contribution is -2.35. The molecule has 1 fully saturated rings. The van der Waals surface area contributed by atoms with Gasteiger partial charge in [0, 0.05) is 22.9 Å². The molecule has 3 heterocycles. The fourth-order valence-corrected chi connectivity index (χ4v) is 5.28. The first-order chi connectivity index (χ1) is 11.2. The third kappa shape index (κ3) is 4.23. The summed E-state index contributed by atoms with van der Waals surface area (Å²) in [5.74, 6) is 1.69. The summed E-state index contributed by atoms with van der Waals surface area (Å²) in [6.45, 7) is 7.28. The molecule has 24 heavy (non-hydrogen) atoms. The van der Waals surface area contributed by atoms with Gasteiger partial charge in [-0.2, -0.15) is 4.98 Å². The number of rotatable bonds is 5. The van der Waals surface area contributed by atoms with Crippen molar-refractivity contribution in [2.75, 3.05) is 11.5 Å². The molecule has 3 rings (SSSR count). The Labute approximate surface area is 146 Å². The molecule has 0 saturated carbocycles. The van der Waals surface area contributed by atoms with Gasteiger partial charge in [-0.3, -0.25) is 4.90 Å². The molecule has 132 valence electrons. The Morgan fingerprint density at radius 2 is 2.17 bits per heavy atom. The molecule has 0 unspecified atom stereocenters. The van der Waals surface area contributed by atoms with Crippen molar-refractivity contribution >= 4 is 21.2 Å².